The normalized spacial score (nSPS) is 14.6. The van der Waals surface area contributed by atoms with Crippen molar-refractivity contribution in [2.75, 3.05) is 42.2 Å². The fraction of sp³-hybridized carbons (Fsp3) is 0.509. The summed E-state index contributed by atoms with van der Waals surface area (Å²) in [6, 6.07) is 3.35. The Morgan fingerprint density at radius 1 is 0.578 bits per heavy atom. The maximum atomic E-state index is 13.3. The number of methoxy groups -OCH3 is 5. The molecule has 0 unspecified atom stereocenters. The lowest BCUT2D eigenvalue weighted by molar-refractivity contribution is -0.121. The second kappa shape index (κ2) is 27.1. The molecular weight excluding hydrogens is 805 g/mol. The Morgan fingerprint density at radius 2 is 0.969 bits per heavy atom. The number of Topliss-reactive ketones (excluding diaryl/α,β-unsaturated/α-hetero) is 2. The molecule has 0 fully saturated rings. The summed E-state index contributed by atoms with van der Waals surface area (Å²) in [6.07, 6.45) is 20.1. The van der Waals surface area contributed by atoms with E-state index in [0.717, 1.165) is 51.4 Å². The first-order valence-corrected chi connectivity index (χ1v) is 22.2. The predicted molar refractivity (Wildman–Crippen MR) is 258 cm³/mol. The number of allylic oxidation sites excluding steroid dienone is 11. The molecule has 0 radical (unpaired) electrons. The molecule has 0 aliphatic heterocycles. The molecule has 1 aliphatic rings. The second-order valence-electron chi connectivity index (χ2n) is 17.4. The highest BCUT2D eigenvalue weighted by atomic mass is 16.5. The van der Waals surface area contributed by atoms with E-state index in [0.29, 0.717) is 46.4 Å². The van der Waals surface area contributed by atoms with E-state index < -0.39 is 17.2 Å². The van der Waals surface area contributed by atoms with Crippen LogP contribution in [-0.4, -0.2) is 70.9 Å². The van der Waals surface area contributed by atoms with Crippen LogP contribution in [0.25, 0.3) is 0 Å². The number of hydrogen-bond donors (Lipinski definition) is 0. The van der Waals surface area contributed by atoms with Gasteiger partial charge < -0.3 is 28.4 Å². The van der Waals surface area contributed by atoms with E-state index in [9.17, 15) is 14.4 Å². The number of ether oxygens (including phenoxy) is 6. The van der Waals surface area contributed by atoms with Gasteiger partial charge in [-0.25, -0.2) is 4.79 Å². The topological polar surface area (TPSA) is 107 Å². The first-order valence-electron chi connectivity index (χ1n) is 22.2. The zero-order valence-corrected chi connectivity index (χ0v) is 41.5. The molecule has 64 heavy (non-hydrogen) atoms. The predicted octanol–water partition coefficient (Wildman–Crippen LogP) is 12.0. The highest BCUT2D eigenvalue weighted by molar-refractivity contribution is 6.23. The van der Waals surface area contributed by atoms with Crippen molar-refractivity contribution in [3.05, 3.63) is 110 Å². The Kier molecular flexibility index (Phi) is 23.2. The van der Waals surface area contributed by atoms with E-state index in [2.05, 4.69) is 82.6 Å². The molecule has 0 amide bonds. The van der Waals surface area contributed by atoms with Crippen molar-refractivity contribution >= 4 is 17.5 Å². The molecule has 2 rings (SSSR count). The lowest BCUT2D eigenvalue weighted by Gasteiger charge is -2.19. The van der Waals surface area contributed by atoms with Gasteiger partial charge in [0, 0.05) is 31.8 Å². The van der Waals surface area contributed by atoms with Crippen molar-refractivity contribution < 1.29 is 42.8 Å². The summed E-state index contributed by atoms with van der Waals surface area (Å²) < 4.78 is 32.7. The van der Waals surface area contributed by atoms with Crippen molar-refractivity contribution in [3.63, 3.8) is 0 Å². The van der Waals surface area contributed by atoms with Crippen LogP contribution in [0.2, 0.25) is 0 Å². The van der Waals surface area contributed by atoms with Gasteiger partial charge in [0.25, 0.3) is 0 Å². The van der Waals surface area contributed by atoms with Crippen LogP contribution in [0.1, 0.15) is 155 Å². The highest BCUT2D eigenvalue weighted by Gasteiger charge is 2.34. The van der Waals surface area contributed by atoms with Crippen molar-refractivity contribution in [1.82, 2.24) is 0 Å². The number of carbonyl (C=O) groups is 3. The molecule has 0 bridgehead atoms. The number of ketones is 2. The fourth-order valence-corrected chi connectivity index (χ4v) is 6.49. The molecule has 0 atom stereocenters. The van der Waals surface area contributed by atoms with Gasteiger partial charge in [-0.3, -0.25) is 9.59 Å². The van der Waals surface area contributed by atoms with E-state index in [1.807, 2.05) is 33.8 Å². The van der Waals surface area contributed by atoms with Gasteiger partial charge in [0.15, 0.2) is 0 Å². The monoisotopic (exact) mass is 879 g/mol. The SMILES string of the molecule is COC1=C(OC)C(=O)C(C/C=C(\C)CC/C=C(\C)CC/C=C(\C)CC/C=C(\C)CC/C=C(\C)CCOC(=O)c2cc(C#CC(C)(C)OC)c(OC)c(C#CC(C)(C)OC)c2)=C(C)C1=O. The van der Waals surface area contributed by atoms with Gasteiger partial charge in [0.2, 0.25) is 23.1 Å². The summed E-state index contributed by atoms with van der Waals surface area (Å²) in [6.45, 7) is 20.1. The lowest BCUT2D eigenvalue weighted by Crippen LogP contribution is -2.24. The summed E-state index contributed by atoms with van der Waals surface area (Å²) >= 11 is 0. The lowest BCUT2D eigenvalue weighted by atomic mass is 9.90. The summed E-state index contributed by atoms with van der Waals surface area (Å²) in [5, 5.41) is 0. The number of esters is 1. The molecule has 9 heteroatoms. The van der Waals surface area contributed by atoms with Gasteiger partial charge in [-0.15, -0.1) is 0 Å². The van der Waals surface area contributed by atoms with E-state index in [4.69, 9.17) is 28.4 Å². The van der Waals surface area contributed by atoms with Gasteiger partial charge in [0.1, 0.15) is 17.0 Å². The maximum absolute atomic E-state index is 13.3. The van der Waals surface area contributed by atoms with Gasteiger partial charge in [-0.2, -0.15) is 0 Å². The molecule has 348 valence electrons. The molecule has 0 N–H and O–H groups in total. The molecular formula is C55H74O9. The van der Waals surface area contributed by atoms with Crippen LogP contribution in [0.4, 0.5) is 0 Å². The van der Waals surface area contributed by atoms with Crippen LogP contribution in [0.5, 0.6) is 5.75 Å². The Bertz CT molecular complexity index is 2120. The largest absolute Gasteiger partial charge is 0.494 e. The first-order chi connectivity index (χ1) is 30.2. The summed E-state index contributed by atoms with van der Waals surface area (Å²) in [5.74, 6) is 11.8. The minimum Gasteiger partial charge on any atom is -0.494 e. The summed E-state index contributed by atoms with van der Waals surface area (Å²) in [4.78, 5) is 38.8. The molecule has 1 aromatic carbocycles. The fourth-order valence-electron chi connectivity index (χ4n) is 6.49. The van der Waals surface area contributed by atoms with Crippen molar-refractivity contribution in [2.45, 2.75) is 145 Å². The zero-order valence-electron chi connectivity index (χ0n) is 41.5. The van der Waals surface area contributed by atoms with Crippen LogP contribution in [0.3, 0.4) is 0 Å². The smallest absolute Gasteiger partial charge is 0.338 e. The van der Waals surface area contributed by atoms with Gasteiger partial charge in [-0.1, -0.05) is 81.9 Å². The van der Waals surface area contributed by atoms with Crippen molar-refractivity contribution in [1.29, 1.82) is 0 Å². The van der Waals surface area contributed by atoms with Crippen molar-refractivity contribution in [3.8, 4) is 29.4 Å². The van der Waals surface area contributed by atoms with E-state index in [1.165, 1.54) is 42.1 Å². The van der Waals surface area contributed by atoms with E-state index in [1.54, 1.807) is 40.4 Å². The summed E-state index contributed by atoms with van der Waals surface area (Å²) in [7, 11) is 7.50. The van der Waals surface area contributed by atoms with Crippen LogP contribution in [0.15, 0.2) is 93.0 Å². The van der Waals surface area contributed by atoms with Gasteiger partial charge in [0.05, 0.1) is 44.6 Å². The third kappa shape index (κ3) is 18.4. The molecule has 0 heterocycles. The Morgan fingerprint density at radius 3 is 1.36 bits per heavy atom. The molecule has 0 aromatic heterocycles. The quantitative estimate of drug-likeness (QED) is 0.0460. The highest BCUT2D eigenvalue weighted by Crippen LogP contribution is 2.29. The Balaban J connectivity index is 1.83. The van der Waals surface area contributed by atoms with Gasteiger partial charge >= 0.3 is 5.97 Å². The number of benzene rings is 1. The first kappa shape index (κ1) is 54.8. The van der Waals surface area contributed by atoms with Crippen LogP contribution >= 0.6 is 0 Å². The standard InChI is InChI=1S/C55H74O9/c1-38(20-16-22-39(2)24-18-26-41(4)28-29-47-43(6)48(56)51(60-12)52(61-13)49(47)57)21-17-23-40(3)25-19-27-42(5)32-35-64-53(58)46-36-44(30-33-54(7,8)62-14)50(59-11)45(37-46)31-34-55(9,10)63-15/h20,23-24,27-28,36-37H,16-19,21-22,25-26,29,32,35H2,1-15H3/b38-20+,39-24+,40-23+,41-28+,42-27+. The average molecular weight is 879 g/mol. The third-order valence-electron chi connectivity index (χ3n) is 11.2. The molecule has 0 spiro atoms. The van der Waals surface area contributed by atoms with Gasteiger partial charge in [-0.05, 0) is 139 Å². The average Bonchev–Trinajstić information content (AvgIpc) is 3.25. The Labute approximate surface area is 385 Å². The summed E-state index contributed by atoms with van der Waals surface area (Å²) in [5.41, 5.74) is 7.33. The molecule has 0 saturated heterocycles. The molecule has 0 saturated carbocycles. The number of carbonyl (C=O) groups excluding carboxylic acids is 3. The minimum atomic E-state index is -0.697. The molecule has 9 nitrogen and oxygen atoms in total. The van der Waals surface area contributed by atoms with Crippen LogP contribution in [-0.2, 0) is 33.3 Å². The Hall–Kier alpha value is -5.35. The van der Waals surface area contributed by atoms with Crippen LogP contribution < -0.4 is 4.74 Å². The number of rotatable bonds is 23. The van der Waals surface area contributed by atoms with Crippen LogP contribution in [0, 0.1) is 23.7 Å². The zero-order chi connectivity index (χ0) is 48.0. The van der Waals surface area contributed by atoms with E-state index in [-0.39, 0.29) is 29.7 Å². The third-order valence-corrected chi connectivity index (χ3v) is 11.2. The van der Waals surface area contributed by atoms with Crippen molar-refractivity contribution in [2.24, 2.45) is 0 Å². The molecule has 1 aromatic rings. The van der Waals surface area contributed by atoms with E-state index >= 15 is 0 Å². The maximum Gasteiger partial charge on any atom is 0.338 e. The molecule has 1 aliphatic carbocycles. The number of hydrogen-bond acceptors (Lipinski definition) is 9. The second-order valence-corrected chi connectivity index (χ2v) is 17.4. The minimum absolute atomic E-state index is 0.0259.